The second-order valence-electron chi connectivity index (χ2n) is 8.50. The van der Waals surface area contributed by atoms with Crippen LogP contribution in [0, 0.1) is 0 Å². The van der Waals surface area contributed by atoms with E-state index in [1.807, 2.05) is 0 Å². The Morgan fingerprint density at radius 3 is 1.85 bits per heavy atom. The fourth-order valence-electron chi connectivity index (χ4n) is 2.46. The summed E-state index contributed by atoms with van der Waals surface area (Å²) < 4.78 is 10.4. The Bertz CT molecular complexity index is 571. The van der Waals surface area contributed by atoms with Crippen LogP contribution in [0.25, 0.3) is 0 Å². The standard InChI is InChI=1S/C16H31N5O6/c1-14(2,3)26-12(24)18-20-8-9-21(16(7,10-20)17-11(22)23)19-13(25)27-15(4,5)6/h17H,8-10H2,1-7H3,(H,18,24)(H,19,25)(H,22,23). The average Bonchev–Trinajstić information content (AvgIpc) is 2.36. The van der Waals surface area contributed by atoms with E-state index < -0.39 is 35.1 Å². The van der Waals surface area contributed by atoms with Crippen LogP contribution in [-0.4, -0.2) is 69.9 Å². The lowest BCUT2D eigenvalue weighted by atomic mass is 10.1. The molecule has 1 fully saturated rings. The van der Waals surface area contributed by atoms with Gasteiger partial charge < -0.3 is 19.9 Å². The van der Waals surface area contributed by atoms with Gasteiger partial charge in [0.15, 0.2) is 0 Å². The smallest absolute Gasteiger partial charge is 0.422 e. The zero-order valence-corrected chi connectivity index (χ0v) is 17.0. The molecule has 1 atom stereocenters. The summed E-state index contributed by atoms with van der Waals surface area (Å²) in [5.41, 5.74) is 2.58. The minimum absolute atomic E-state index is 0.0638. The van der Waals surface area contributed by atoms with E-state index in [9.17, 15) is 19.5 Å². The van der Waals surface area contributed by atoms with E-state index in [4.69, 9.17) is 9.47 Å². The van der Waals surface area contributed by atoms with Gasteiger partial charge in [0.05, 0.1) is 6.54 Å². The Labute approximate surface area is 159 Å². The number of hydrogen-bond acceptors (Lipinski definition) is 7. The summed E-state index contributed by atoms with van der Waals surface area (Å²) in [7, 11) is 0. The van der Waals surface area contributed by atoms with Crippen LogP contribution in [0.2, 0.25) is 0 Å². The third-order valence-corrected chi connectivity index (χ3v) is 3.34. The summed E-state index contributed by atoms with van der Waals surface area (Å²) in [4.78, 5) is 35.3. The Morgan fingerprint density at radius 2 is 1.41 bits per heavy atom. The Morgan fingerprint density at radius 1 is 0.926 bits per heavy atom. The summed E-state index contributed by atoms with van der Waals surface area (Å²) in [5, 5.41) is 14.5. The lowest BCUT2D eigenvalue weighted by Crippen LogP contribution is -2.74. The molecule has 11 heteroatoms. The quantitative estimate of drug-likeness (QED) is 0.570. The molecule has 1 saturated heterocycles. The number of rotatable bonds is 3. The predicted molar refractivity (Wildman–Crippen MR) is 96.6 cm³/mol. The molecule has 1 heterocycles. The molecular formula is C16H31N5O6. The topological polar surface area (TPSA) is 132 Å². The number of carbonyl (C=O) groups is 3. The molecule has 1 rings (SSSR count). The molecule has 4 N–H and O–H groups in total. The van der Waals surface area contributed by atoms with Crippen LogP contribution < -0.4 is 16.2 Å². The maximum absolute atomic E-state index is 12.1. The molecule has 27 heavy (non-hydrogen) atoms. The molecule has 0 bridgehead atoms. The van der Waals surface area contributed by atoms with Crippen molar-refractivity contribution >= 4 is 18.3 Å². The molecule has 156 valence electrons. The normalized spacial score (nSPS) is 21.9. The Hall–Kier alpha value is -2.27. The zero-order chi connectivity index (χ0) is 21.0. The highest BCUT2D eigenvalue weighted by molar-refractivity contribution is 5.68. The number of hydrazine groups is 2. The number of nitrogens with zero attached hydrogens (tertiary/aromatic N) is 2. The highest BCUT2D eigenvalue weighted by atomic mass is 16.6. The molecule has 0 aromatic carbocycles. The molecule has 3 amide bonds. The van der Waals surface area contributed by atoms with E-state index in [-0.39, 0.29) is 13.1 Å². The number of hydrogen-bond donors (Lipinski definition) is 4. The van der Waals surface area contributed by atoms with Gasteiger partial charge in [0, 0.05) is 13.1 Å². The molecule has 0 aromatic heterocycles. The van der Waals surface area contributed by atoms with Crippen molar-refractivity contribution in [2.75, 3.05) is 19.6 Å². The summed E-state index contributed by atoms with van der Waals surface area (Å²) in [5.74, 6) is 0. The summed E-state index contributed by atoms with van der Waals surface area (Å²) >= 11 is 0. The first-order chi connectivity index (χ1) is 12.1. The molecule has 0 spiro atoms. The van der Waals surface area contributed by atoms with Crippen LogP contribution >= 0.6 is 0 Å². The highest BCUT2D eigenvalue weighted by Gasteiger charge is 2.41. The van der Waals surface area contributed by atoms with Gasteiger partial charge in [-0.3, -0.25) is 10.9 Å². The van der Waals surface area contributed by atoms with E-state index in [0.29, 0.717) is 6.54 Å². The molecule has 1 aliphatic heterocycles. The van der Waals surface area contributed by atoms with E-state index in [1.165, 1.54) is 10.0 Å². The van der Waals surface area contributed by atoms with Gasteiger partial charge in [-0.25, -0.2) is 19.4 Å². The second kappa shape index (κ2) is 8.17. The van der Waals surface area contributed by atoms with Crippen LogP contribution in [0.5, 0.6) is 0 Å². The summed E-state index contributed by atoms with van der Waals surface area (Å²) in [6.07, 6.45) is -2.62. The van der Waals surface area contributed by atoms with E-state index in [2.05, 4.69) is 16.2 Å². The minimum Gasteiger partial charge on any atom is -0.465 e. The molecule has 0 radical (unpaired) electrons. The number of carboxylic acid groups (broad SMARTS) is 1. The van der Waals surface area contributed by atoms with Gasteiger partial charge >= 0.3 is 18.3 Å². The van der Waals surface area contributed by atoms with Gasteiger partial charge in [0.2, 0.25) is 0 Å². The predicted octanol–water partition coefficient (Wildman–Crippen LogP) is 1.47. The van der Waals surface area contributed by atoms with E-state index in [1.54, 1.807) is 48.5 Å². The van der Waals surface area contributed by atoms with Gasteiger partial charge in [-0.05, 0) is 48.5 Å². The number of carbonyl (C=O) groups excluding carboxylic acids is 2. The first kappa shape index (κ1) is 22.8. The average molecular weight is 389 g/mol. The van der Waals surface area contributed by atoms with Crippen LogP contribution in [0.3, 0.4) is 0 Å². The maximum atomic E-state index is 12.1. The molecular weight excluding hydrogens is 358 g/mol. The summed E-state index contributed by atoms with van der Waals surface area (Å²) in [6, 6.07) is 0. The first-order valence-electron chi connectivity index (χ1n) is 8.63. The SMILES string of the molecule is CC(C)(C)OC(=O)NN1CCN(NC(=O)OC(C)(C)C)C(C)(NC(=O)O)C1. The third kappa shape index (κ3) is 8.31. The second-order valence-corrected chi connectivity index (χ2v) is 8.50. The van der Waals surface area contributed by atoms with Gasteiger partial charge in [0.1, 0.15) is 16.9 Å². The lowest BCUT2D eigenvalue weighted by Gasteiger charge is -2.47. The number of nitrogens with one attached hydrogen (secondary N) is 3. The number of amides is 3. The highest BCUT2D eigenvalue weighted by Crippen LogP contribution is 2.17. The molecule has 1 aliphatic rings. The van der Waals surface area contributed by atoms with Crippen molar-refractivity contribution in [3.05, 3.63) is 0 Å². The Kier molecular flexibility index (Phi) is 6.89. The van der Waals surface area contributed by atoms with Gasteiger partial charge in [-0.1, -0.05) is 0 Å². The van der Waals surface area contributed by atoms with Gasteiger partial charge in [0.25, 0.3) is 0 Å². The lowest BCUT2D eigenvalue weighted by molar-refractivity contribution is -0.0668. The van der Waals surface area contributed by atoms with Crippen molar-refractivity contribution in [1.29, 1.82) is 0 Å². The molecule has 0 aliphatic carbocycles. The van der Waals surface area contributed by atoms with Crippen LogP contribution in [0.15, 0.2) is 0 Å². The first-order valence-corrected chi connectivity index (χ1v) is 8.63. The van der Waals surface area contributed by atoms with Crippen molar-refractivity contribution in [3.63, 3.8) is 0 Å². The van der Waals surface area contributed by atoms with Crippen LogP contribution in [0.1, 0.15) is 48.5 Å². The van der Waals surface area contributed by atoms with Crippen LogP contribution in [0.4, 0.5) is 14.4 Å². The number of ether oxygens (including phenoxy) is 2. The molecule has 11 nitrogen and oxygen atoms in total. The maximum Gasteiger partial charge on any atom is 0.422 e. The van der Waals surface area contributed by atoms with Gasteiger partial charge in [-0.2, -0.15) is 5.01 Å². The Balaban J connectivity index is 2.81. The zero-order valence-electron chi connectivity index (χ0n) is 17.0. The van der Waals surface area contributed by atoms with Crippen LogP contribution in [-0.2, 0) is 9.47 Å². The molecule has 0 aromatic rings. The van der Waals surface area contributed by atoms with Crippen molar-refractivity contribution in [2.45, 2.75) is 65.3 Å². The third-order valence-electron chi connectivity index (χ3n) is 3.34. The van der Waals surface area contributed by atoms with Crippen molar-refractivity contribution in [2.24, 2.45) is 0 Å². The molecule has 1 unspecified atom stereocenters. The minimum atomic E-state index is -1.27. The fraction of sp³-hybridized carbons (Fsp3) is 0.812. The van der Waals surface area contributed by atoms with Gasteiger partial charge in [-0.15, -0.1) is 0 Å². The van der Waals surface area contributed by atoms with Crippen molar-refractivity contribution < 1.29 is 29.0 Å². The number of piperazine rings is 1. The van der Waals surface area contributed by atoms with Crippen molar-refractivity contribution in [1.82, 2.24) is 26.2 Å². The van der Waals surface area contributed by atoms with E-state index in [0.717, 1.165) is 0 Å². The molecule has 0 saturated carbocycles. The van der Waals surface area contributed by atoms with E-state index >= 15 is 0 Å². The van der Waals surface area contributed by atoms with Crippen molar-refractivity contribution in [3.8, 4) is 0 Å². The summed E-state index contributed by atoms with van der Waals surface area (Å²) in [6.45, 7) is 12.6. The monoisotopic (exact) mass is 389 g/mol. The fourth-order valence-corrected chi connectivity index (χ4v) is 2.46. The largest absolute Gasteiger partial charge is 0.465 e.